The molecule has 0 aliphatic rings. The van der Waals surface area contributed by atoms with Gasteiger partial charge in [0.25, 0.3) is 0 Å². The molecule has 0 aromatic heterocycles. The fourth-order valence-electron chi connectivity index (χ4n) is 2.07. The molecular weight excluding hydrogens is 261 g/mol. The normalized spacial score (nSPS) is 12.4. The molecule has 3 heteroatoms. The Balaban J connectivity index is 2.01. The Morgan fingerprint density at radius 2 is 1.79 bits per heavy atom. The van der Waals surface area contributed by atoms with E-state index in [-0.39, 0.29) is 11.9 Å². The second kappa shape index (κ2) is 6.18. The van der Waals surface area contributed by atoms with Crippen LogP contribution in [0.1, 0.15) is 16.7 Å². The lowest BCUT2D eigenvalue weighted by Crippen LogP contribution is -2.26. The predicted octanol–water partition coefficient (Wildman–Crippen LogP) is 3.90. The Labute approximate surface area is 118 Å². The van der Waals surface area contributed by atoms with Gasteiger partial charge in [-0.05, 0) is 43.0 Å². The monoisotopic (exact) mass is 277 g/mol. The molecule has 2 N–H and O–H groups in total. The van der Waals surface area contributed by atoms with Crippen molar-refractivity contribution < 1.29 is 4.39 Å². The van der Waals surface area contributed by atoms with Crippen LogP contribution in [-0.2, 0) is 12.8 Å². The van der Waals surface area contributed by atoms with Crippen LogP contribution in [0.3, 0.4) is 0 Å². The summed E-state index contributed by atoms with van der Waals surface area (Å²) >= 11 is 5.73. The minimum absolute atomic E-state index is 0.0987. The van der Waals surface area contributed by atoms with Crippen molar-refractivity contribution in [2.75, 3.05) is 0 Å². The van der Waals surface area contributed by atoms with Gasteiger partial charge in [0, 0.05) is 11.1 Å². The third-order valence-corrected chi connectivity index (χ3v) is 3.35. The second-order valence-electron chi connectivity index (χ2n) is 4.89. The molecule has 0 heterocycles. The maximum Gasteiger partial charge on any atom is 0.127 e. The summed E-state index contributed by atoms with van der Waals surface area (Å²) in [5.41, 5.74) is 9.09. The Morgan fingerprint density at radius 1 is 1.11 bits per heavy atom. The van der Waals surface area contributed by atoms with E-state index in [1.54, 1.807) is 12.1 Å². The van der Waals surface area contributed by atoms with Crippen LogP contribution in [0.4, 0.5) is 4.39 Å². The number of halogens is 2. The van der Waals surface area contributed by atoms with Crippen molar-refractivity contribution >= 4 is 11.6 Å². The average Bonchev–Trinajstić information content (AvgIpc) is 2.36. The zero-order chi connectivity index (χ0) is 13.8. The van der Waals surface area contributed by atoms with Crippen molar-refractivity contribution in [2.24, 2.45) is 5.73 Å². The first kappa shape index (κ1) is 14.0. The highest BCUT2D eigenvalue weighted by molar-refractivity contribution is 6.30. The van der Waals surface area contributed by atoms with Gasteiger partial charge in [0.1, 0.15) is 5.82 Å². The number of rotatable bonds is 4. The smallest absolute Gasteiger partial charge is 0.127 e. The van der Waals surface area contributed by atoms with Crippen LogP contribution in [0.5, 0.6) is 0 Å². The number of hydrogen-bond acceptors (Lipinski definition) is 1. The summed E-state index contributed by atoms with van der Waals surface area (Å²) in [6, 6.07) is 12.9. The molecule has 1 atom stereocenters. The SMILES string of the molecule is Cc1ccc(CC(N)Cc2ccc(Cl)cc2F)cc1. The van der Waals surface area contributed by atoms with E-state index in [1.807, 2.05) is 6.92 Å². The van der Waals surface area contributed by atoms with E-state index in [4.69, 9.17) is 17.3 Å². The van der Waals surface area contributed by atoms with Crippen molar-refractivity contribution in [1.29, 1.82) is 0 Å². The van der Waals surface area contributed by atoms with Crippen LogP contribution in [0.15, 0.2) is 42.5 Å². The summed E-state index contributed by atoms with van der Waals surface area (Å²) in [5, 5.41) is 0.411. The molecule has 2 aromatic rings. The molecule has 0 saturated heterocycles. The molecule has 0 saturated carbocycles. The minimum atomic E-state index is -0.285. The van der Waals surface area contributed by atoms with Gasteiger partial charge in [-0.25, -0.2) is 4.39 Å². The summed E-state index contributed by atoms with van der Waals surface area (Å²) in [6.07, 6.45) is 1.25. The van der Waals surface area contributed by atoms with Gasteiger partial charge in [-0.15, -0.1) is 0 Å². The summed E-state index contributed by atoms with van der Waals surface area (Å²) in [7, 11) is 0. The third kappa shape index (κ3) is 4.05. The van der Waals surface area contributed by atoms with E-state index in [0.29, 0.717) is 17.0 Å². The number of nitrogens with two attached hydrogens (primary N) is 1. The topological polar surface area (TPSA) is 26.0 Å². The van der Waals surface area contributed by atoms with Crippen LogP contribution < -0.4 is 5.73 Å². The van der Waals surface area contributed by atoms with Crippen molar-refractivity contribution in [1.82, 2.24) is 0 Å². The highest BCUT2D eigenvalue weighted by Crippen LogP contribution is 2.16. The van der Waals surface area contributed by atoms with E-state index in [2.05, 4.69) is 24.3 Å². The average molecular weight is 278 g/mol. The van der Waals surface area contributed by atoms with Crippen LogP contribution in [-0.4, -0.2) is 6.04 Å². The summed E-state index contributed by atoms with van der Waals surface area (Å²) in [6.45, 7) is 2.05. The van der Waals surface area contributed by atoms with Crippen molar-refractivity contribution in [2.45, 2.75) is 25.8 Å². The van der Waals surface area contributed by atoms with E-state index in [1.165, 1.54) is 17.2 Å². The van der Waals surface area contributed by atoms with Gasteiger partial charge in [0.2, 0.25) is 0 Å². The van der Waals surface area contributed by atoms with Gasteiger partial charge in [-0.3, -0.25) is 0 Å². The highest BCUT2D eigenvalue weighted by atomic mass is 35.5. The molecule has 19 heavy (non-hydrogen) atoms. The summed E-state index contributed by atoms with van der Waals surface area (Å²) < 4.78 is 13.7. The first-order valence-corrected chi connectivity index (χ1v) is 6.67. The van der Waals surface area contributed by atoms with Crippen LogP contribution in [0.25, 0.3) is 0 Å². The van der Waals surface area contributed by atoms with Crippen molar-refractivity contribution in [3.05, 3.63) is 70.0 Å². The lowest BCUT2D eigenvalue weighted by Gasteiger charge is -2.12. The number of hydrogen-bond donors (Lipinski definition) is 1. The molecule has 0 amide bonds. The second-order valence-corrected chi connectivity index (χ2v) is 5.33. The third-order valence-electron chi connectivity index (χ3n) is 3.12. The molecule has 0 bridgehead atoms. The van der Waals surface area contributed by atoms with E-state index < -0.39 is 0 Å². The Bertz CT molecular complexity index is 551. The standard InChI is InChI=1S/C16H17ClFN/c1-11-2-4-12(5-3-11)8-15(19)9-13-6-7-14(17)10-16(13)18/h2-7,10,15H,8-9,19H2,1H3. The van der Waals surface area contributed by atoms with Crippen LogP contribution in [0.2, 0.25) is 5.02 Å². The first-order valence-electron chi connectivity index (χ1n) is 6.29. The van der Waals surface area contributed by atoms with Gasteiger partial charge >= 0.3 is 0 Å². The molecule has 0 spiro atoms. The van der Waals surface area contributed by atoms with Gasteiger partial charge < -0.3 is 5.73 Å². The van der Waals surface area contributed by atoms with E-state index >= 15 is 0 Å². The lowest BCUT2D eigenvalue weighted by atomic mass is 9.99. The molecule has 2 aromatic carbocycles. The highest BCUT2D eigenvalue weighted by Gasteiger charge is 2.09. The van der Waals surface area contributed by atoms with Crippen LogP contribution >= 0.6 is 11.6 Å². The minimum Gasteiger partial charge on any atom is -0.327 e. The fourth-order valence-corrected chi connectivity index (χ4v) is 2.23. The summed E-state index contributed by atoms with van der Waals surface area (Å²) in [5.74, 6) is -0.285. The van der Waals surface area contributed by atoms with Gasteiger partial charge in [-0.2, -0.15) is 0 Å². The molecule has 0 fully saturated rings. The quantitative estimate of drug-likeness (QED) is 0.901. The van der Waals surface area contributed by atoms with Gasteiger partial charge in [0.05, 0.1) is 0 Å². The maximum atomic E-state index is 13.7. The maximum absolute atomic E-state index is 13.7. The zero-order valence-corrected chi connectivity index (χ0v) is 11.6. The molecular formula is C16H17ClFN. The van der Waals surface area contributed by atoms with E-state index in [0.717, 1.165) is 6.42 Å². The molecule has 0 radical (unpaired) electrons. The number of aryl methyl sites for hydroxylation is 1. The Kier molecular flexibility index (Phi) is 4.56. The fraction of sp³-hybridized carbons (Fsp3) is 0.250. The Morgan fingerprint density at radius 3 is 2.42 bits per heavy atom. The van der Waals surface area contributed by atoms with Crippen molar-refractivity contribution in [3.63, 3.8) is 0 Å². The molecule has 0 aliphatic heterocycles. The predicted molar refractivity (Wildman–Crippen MR) is 78.0 cm³/mol. The Hall–Kier alpha value is -1.38. The number of benzene rings is 2. The molecule has 0 aliphatic carbocycles. The molecule has 2 rings (SSSR count). The summed E-state index contributed by atoms with van der Waals surface area (Å²) in [4.78, 5) is 0. The zero-order valence-electron chi connectivity index (χ0n) is 10.9. The molecule has 100 valence electrons. The van der Waals surface area contributed by atoms with Crippen molar-refractivity contribution in [3.8, 4) is 0 Å². The van der Waals surface area contributed by atoms with E-state index in [9.17, 15) is 4.39 Å². The largest absolute Gasteiger partial charge is 0.327 e. The molecule has 1 unspecified atom stereocenters. The van der Waals surface area contributed by atoms with Gasteiger partial charge in [-0.1, -0.05) is 47.5 Å². The van der Waals surface area contributed by atoms with Gasteiger partial charge in [0.15, 0.2) is 0 Å². The van der Waals surface area contributed by atoms with Crippen LogP contribution in [0, 0.1) is 12.7 Å². The first-order chi connectivity index (χ1) is 9.04. The lowest BCUT2D eigenvalue weighted by molar-refractivity contribution is 0.584. The molecule has 1 nitrogen and oxygen atoms in total.